The number of carbonyl (C=O) groups excluding carboxylic acids is 1. The van der Waals surface area contributed by atoms with Crippen LogP contribution in [0.3, 0.4) is 0 Å². The maximum atomic E-state index is 11.1. The summed E-state index contributed by atoms with van der Waals surface area (Å²) in [5, 5.41) is 2.33. The molecule has 84 valence electrons. The topological polar surface area (TPSA) is 26.3 Å². The fourth-order valence-corrected chi connectivity index (χ4v) is 2.34. The molecule has 1 aliphatic carbocycles. The van der Waals surface area contributed by atoms with Crippen LogP contribution in [0.15, 0.2) is 42.5 Å². The van der Waals surface area contributed by atoms with Gasteiger partial charge >= 0.3 is 5.97 Å². The summed E-state index contributed by atoms with van der Waals surface area (Å²) in [6.07, 6.45) is 3.70. The lowest BCUT2D eigenvalue weighted by molar-refractivity contribution is -0.144. The van der Waals surface area contributed by atoms with Crippen LogP contribution in [0, 0.1) is 0 Å². The second-order valence-electron chi connectivity index (χ2n) is 4.18. The highest BCUT2D eigenvalue weighted by Gasteiger charge is 2.21. The zero-order valence-corrected chi connectivity index (χ0v) is 9.51. The van der Waals surface area contributed by atoms with Gasteiger partial charge in [-0.3, -0.25) is 4.79 Å². The molecule has 2 aromatic carbocycles. The number of rotatable bonds is 1. The molecular weight excluding hydrogens is 212 g/mol. The molecule has 3 rings (SSSR count). The molecule has 1 aliphatic rings. The van der Waals surface area contributed by atoms with E-state index in [1.54, 1.807) is 0 Å². The quantitative estimate of drug-likeness (QED) is 0.693. The third-order valence-corrected chi connectivity index (χ3v) is 3.03. The smallest absolute Gasteiger partial charge is 0.303 e. The number of benzene rings is 2. The van der Waals surface area contributed by atoms with Crippen LogP contribution in [0.4, 0.5) is 0 Å². The Morgan fingerprint density at radius 2 is 2.00 bits per heavy atom. The highest BCUT2D eigenvalue weighted by molar-refractivity contribution is 5.91. The van der Waals surface area contributed by atoms with Crippen molar-refractivity contribution in [1.82, 2.24) is 0 Å². The average Bonchev–Trinajstić information content (AvgIpc) is 2.72. The lowest BCUT2D eigenvalue weighted by Gasteiger charge is -2.13. The molecule has 0 saturated carbocycles. The van der Waals surface area contributed by atoms with Gasteiger partial charge in [0.15, 0.2) is 0 Å². The van der Waals surface area contributed by atoms with E-state index in [1.807, 2.05) is 24.3 Å². The van der Waals surface area contributed by atoms with Gasteiger partial charge in [-0.15, -0.1) is 0 Å². The summed E-state index contributed by atoms with van der Waals surface area (Å²) < 4.78 is 5.32. The van der Waals surface area contributed by atoms with Crippen LogP contribution in [0.25, 0.3) is 16.8 Å². The average molecular weight is 224 g/mol. The van der Waals surface area contributed by atoms with Gasteiger partial charge in [0, 0.05) is 12.5 Å². The van der Waals surface area contributed by atoms with E-state index in [0.29, 0.717) is 0 Å². The summed E-state index contributed by atoms with van der Waals surface area (Å²) in [6, 6.07) is 12.3. The van der Waals surface area contributed by atoms with Crippen LogP contribution < -0.4 is 0 Å². The number of ether oxygens (including phenoxy) is 1. The highest BCUT2D eigenvalue weighted by atomic mass is 16.5. The van der Waals surface area contributed by atoms with E-state index in [2.05, 4.69) is 24.3 Å². The molecule has 2 heteroatoms. The molecule has 0 bridgehead atoms. The summed E-state index contributed by atoms with van der Waals surface area (Å²) >= 11 is 0. The fraction of sp³-hybridized carbons (Fsp3) is 0.133. The molecule has 0 saturated heterocycles. The zero-order valence-electron chi connectivity index (χ0n) is 9.51. The summed E-state index contributed by atoms with van der Waals surface area (Å²) in [7, 11) is 0. The Hall–Kier alpha value is -2.09. The Kier molecular flexibility index (Phi) is 2.22. The van der Waals surface area contributed by atoms with E-state index < -0.39 is 0 Å². The summed E-state index contributed by atoms with van der Waals surface area (Å²) in [5.41, 5.74) is 2.23. The molecule has 0 radical (unpaired) electrons. The van der Waals surface area contributed by atoms with Crippen LogP contribution in [0.1, 0.15) is 24.2 Å². The van der Waals surface area contributed by atoms with Crippen molar-refractivity contribution in [2.24, 2.45) is 0 Å². The van der Waals surface area contributed by atoms with Crippen LogP contribution >= 0.6 is 0 Å². The van der Waals surface area contributed by atoms with Crippen molar-refractivity contribution in [2.75, 3.05) is 0 Å². The monoisotopic (exact) mass is 224 g/mol. The first kappa shape index (κ1) is 10.1. The van der Waals surface area contributed by atoms with Crippen molar-refractivity contribution in [2.45, 2.75) is 13.0 Å². The normalized spacial score (nSPS) is 17.1. The Bertz CT molecular complexity index is 626. The minimum atomic E-state index is -0.250. The molecule has 0 fully saturated rings. The van der Waals surface area contributed by atoms with E-state index >= 15 is 0 Å². The van der Waals surface area contributed by atoms with Gasteiger partial charge in [0.2, 0.25) is 0 Å². The standard InChI is InChI=1S/C15H12O2/c1-10(16)17-14-9-8-12-7-6-11-4-2-3-5-13(11)15(12)14/h2-9,14H,1H3. The molecule has 1 unspecified atom stereocenters. The van der Waals surface area contributed by atoms with Crippen molar-refractivity contribution < 1.29 is 9.53 Å². The Morgan fingerprint density at radius 1 is 1.18 bits per heavy atom. The van der Waals surface area contributed by atoms with E-state index in [4.69, 9.17) is 4.74 Å². The maximum absolute atomic E-state index is 11.1. The van der Waals surface area contributed by atoms with Gasteiger partial charge in [0.25, 0.3) is 0 Å². The van der Waals surface area contributed by atoms with Crippen molar-refractivity contribution in [3.63, 3.8) is 0 Å². The Balaban J connectivity index is 2.19. The summed E-state index contributed by atoms with van der Waals surface area (Å²) in [4.78, 5) is 11.1. The third-order valence-electron chi connectivity index (χ3n) is 3.03. The Morgan fingerprint density at radius 3 is 2.82 bits per heavy atom. The van der Waals surface area contributed by atoms with Crippen molar-refractivity contribution in [1.29, 1.82) is 0 Å². The van der Waals surface area contributed by atoms with Crippen molar-refractivity contribution in [3.8, 4) is 0 Å². The van der Waals surface area contributed by atoms with E-state index in [1.165, 1.54) is 12.3 Å². The third kappa shape index (κ3) is 1.62. The predicted molar refractivity (Wildman–Crippen MR) is 67.5 cm³/mol. The van der Waals surface area contributed by atoms with Crippen LogP contribution in [0.5, 0.6) is 0 Å². The fourth-order valence-electron chi connectivity index (χ4n) is 2.34. The van der Waals surface area contributed by atoms with Crippen molar-refractivity contribution in [3.05, 3.63) is 53.6 Å². The zero-order chi connectivity index (χ0) is 11.8. The molecule has 2 nitrogen and oxygen atoms in total. The van der Waals surface area contributed by atoms with Crippen molar-refractivity contribution >= 4 is 22.8 Å². The molecule has 17 heavy (non-hydrogen) atoms. The molecule has 0 aliphatic heterocycles. The van der Waals surface area contributed by atoms with Gasteiger partial charge in [0.05, 0.1) is 0 Å². The second-order valence-corrected chi connectivity index (χ2v) is 4.18. The number of hydrogen-bond acceptors (Lipinski definition) is 2. The van der Waals surface area contributed by atoms with Gasteiger partial charge in [-0.1, -0.05) is 42.5 Å². The number of carbonyl (C=O) groups is 1. The SMILES string of the molecule is CC(=O)OC1C=Cc2ccc3ccccc3c21. The molecule has 0 heterocycles. The lowest BCUT2D eigenvalue weighted by atomic mass is 9.99. The first-order valence-corrected chi connectivity index (χ1v) is 5.63. The molecule has 2 aromatic rings. The van der Waals surface area contributed by atoms with Gasteiger partial charge in [-0.2, -0.15) is 0 Å². The molecule has 0 N–H and O–H groups in total. The number of fused-ring (bicyclic) bond motifs is 3. The molecule has 0 spiro atoms. The summed E-state index contributed by atoms with van der Waals surface area (Å²) in [5.74, 6) is -0.250. The van der Waals surface area contributed by atoms with Gasteiger partial charge in [-0.25, -0.2) is 0 Å². The van der Waals surface area contributed by atoms with Crippen LogP contribution in [0.2, 0.25) is 0 Å². The van der Waals surface area contributed by atoms with Crippen LogP contribution in [-0.4, -0.2) is 5.97 Å². The molecule has 0 amide bonds. The van der Waals surface area contributed by atoms with Gasteiger partial charge in [0.1, 0.15) is 6.10 Å². The highest BCUT2D eigenvalue weighted by Crippen LogP contribution is 2.36. The van der Waals surface area contributed by atoms with Crippen LogP contribution in [-0.2, 0) is 9.53 Å². The van der Waals surface area contributed by atoms with Gasteiger partial charge < -0.3 is 4.74 Å². The minimum absolute atomic E-state index is 0.242. The van der Waals surface area contributed by atoms with E-state index in [9.17, 15) is 4.79 Å². The maximum Gasteiger partial charge on any atom is 0.303 e. The first-order valence-electron chi connectivity index (χ1n) is 5.63. The molecular formula is C15H12O2. The summed E-state index contributed by atoms with van der Waals surface area (Å²) in [6.45, 7) is 1.44. The molecule has 0 aromatic heterocycles. The minimum Gasteiger partial charge on any atom is -0.453 e. The largest absolute Gasteiger partial charge is 0.453 e. The Labute approximate surface area is 99.5 Å². The predicted octanol–water partition coefficient (Wildman–Crippen LogP) is 3.47. The number of hydrogen-bond donors (Lipinski definition) is 0. The second kappa shape index (κ2) is 3.74. The van der Waals surface area contributed by atoms with Gasteiger partial charge in [-0.05, 0) is 22.4 Å². The van der Waals surface area contributed by atoms with E-state index in [-0.39, 0.29) is 12.1 Å². The lowest BCUT2D eigenvalue weighted by Crippen LogP contribution is -2.05. The van der Waals surface area contributed by atoms with E-state index in [0.717, 1.165) is 16.5 Å². The molecule has 1 atom stereocenters. The number of esters is 1. The first-order chi connectivity index (χ1) is 8.25.